The molecule has 0 spiro atoms. The number of hydrogen-bond donors (Lipinski definition) is 0. The molecule has 0 fully saturated rings. The molecule has 0 bridgehead atoms. The van der Waals surface area contributed by atoms with Crippen LogP contribution >= 0.6 is 0 Å². The van der Waals surface area contributed by atoms with Crippen molar-refractivity contribution in [1.29, 1.82) is 0 Å². The lowest BCUT2D eigenvalue weighted by Crippen LogP contribution is -2.09. The molecule has 264 valence electrons. The topological polar surface area (TPSA) is 53.5 Å². The van der Waals surface area contributed by atoms with Crippen LogP contribution in [0.15, 0.2) is 182 Å². The zero-order valence-electron chi connectivity index (χ0n) is 30.8. The summed E-state index contributed by atoms with van der Waals surface area (Å²) in [5.74, 6) is 1.92. The largest absolute Gasteiger partial charge is 0.317 e. The van der Waals surface area contributed by atoms with Gasteiger partial charge in [-0.2, -0.15) is 0 Å². The highest BCUT2D eigenvalue weighted by Crippen LogP contribution is 2.36. The van der Waals surface area contributed by atoms with E-state index in [2.05, 4.69) is 153 Å². The van der Waals surface area contributed by atoms with E-state index in [1.807, 2.05) is 68.7 Å². The number of fused-ring (bicyclic) bond motifs is 3. The molecule has 0 saturated carbocycles. The van der Waals surface area contributed by atoms with Gasteiger partial charge < -0.3 is 4.57 Å². The number of imidazole rings is 3. The Bertz CT molecular complexity index is 2730. The molecule has 9 aromatic rings. The van der Waals surface area contributed by atoms with Crippen LogP contribution in [0.1, 0.15) is 31.9 Å². The van der Waals surface area contributed by atoms with Gasteiger partial charge in [-0.05, 0) is 97.8 Å². The van der Waals surface area contributed by atoms with E-state index >= 15 is 0 Å². The highest BCUT2D eigenvalue weighted by atomic mass is 15.1. The Hall–Kier alpha value is -6.79. The van der Waals surface area contributed by atoms with Crippen LogP contribution in [0, 0.1) is 6.92 Å². The number of nitrogens with zero attached hydrogens (tertiary/aromatic N) is 6. The van der Waals surface area contributed by atoms with E-state index in [-0.39, 0.29) is 6.04 Å². The molecule has 0 amide bonds. The standard InChI is InChI=1S/C33H26N4.C13H10N2.C2H6/c1-23-20-24(32-34-28-16-8-10-18-30(28)36(32)26-12-4-2-5-13-26)22-25(21-23)33-35-29-17-9-11-19-31(29)37(33)27-14-6-3-7-15-27;1-2-6-11(7-3-1)15-10-14-12-8-4-5-9-13(12)15;1-2/h2-14,16-22,27H,15H2,1H3;1-10H;1-2H3. The molecule has 6 aromatic carbocycles. The average Bonchev–Trinajstić information content (AvgIpc) is 3.97. The molecule has 1 atom stereocenters. The van der Waals surface area contributed by atoms with Crippen molar-refractivity contribution in [3.63, 3.8) is 0 Å². The van der Waals surface area contributed by atoms with Crippen molar-refractivity contribution in [2.24, 2.45) is 0 Å². The van der Waals surface area contributed by atoms with Crippen LogP contribution in [0.4, 0.5) is 0 Å². The molecule has 1 aliphatic rings. The summed E-state index contributed by atoms with van der Waals surface area (Å²) in [6.45, 7) is 6.15. The van der Waals surface area contributed by atoms with Gasteiger partial charge in [0.25, 0.3) is 0 Å². The molecule has 6 nitrogen and oxygen atoms in total. The van der Waals surface area contributed by atoms with E-state index < -0.39 is 0 Å². The molecule has 10 rings (SSSR count). The van der Waals surface area contributed by atoms with Crippen LogP contribution in [0.3, 0.4) is 0 Å². The molecule has 1 aliphatic carbocycles. The van der Waals surface area contributed by atoms with Crippen molar-refractivity contribution in [1.82, 2.24) is 28.7 Å². The van der Waals surface area contributed by atoms with Gasteiger partial charge in [-0.15, -0.1) is 0 Å². The van der Waals surface area contributed by atoms with Gasteiger partial charge in [0.05, 0.1) is 39.1 Å². The maximum absolute atomic E-state index is 5.14. The van der Waals surface area contributed by atoms with Crippen molar-refractivity contribution >= 4 is 33.1 Å². The minimum absolute atomic E-state index is 0.227. The third kappa shape index (κ3) is 6.66. The summed E-state index contributed by atoms with van der Waals surface area (Å²) >= 11 is 0. The van der Waals surface area contributed by atoms with Crippen molar-refractivity contribution in [3.8, 4) is 34.2 Å². The Labute approximate surface area is 316 Å². The SMILES string of the molecule is CC.Cc1cc(-c2nc3ccccc3n2-c2ccccc2)cc(-c2nc3ccccc3n2C2C=CC=CC2)c1.c1ccc(-n2cnc3ccccc32)cc1. The summed E-state index contributed by atoms with van der Waals surface area (Å²) in [5.41, 5.74) is 12.0. The van der Waals surface area contributed by atoms with Crippen LogP contribution in [-0.4, -0.2) is 28.7 Å². The van der Waals surface area contributed by atoms with Crippen LogP contribution in [0.2, 0.25) is 0 Å². The second-order valence-corrected chi connectivity index (χ2v) is 13.0. The number of aromatic nitrogens is 6. The van der Waals surface area contributed by atoms with E-state index in [0.717, 1.165) is 73.7 Å². The second kappa shape index (κ2) is 15.4. The predicted molar refractivity (Wildman–Crippen MR) is 224 cm³/mol. The van der Waals surface area contributed by atoms with Gasteiger partial charge in [0.2, 0.25) is 0 Å². The first-order valence-electron chi connectivity index (χ1n) is 18.6. The lowest BCUT2D eigenvalue weighted by atomic mass is 10.0. The molecule has 0 radical (unpaired) electrons. The number of para-hydroxylation sites is 8. The van der Waals surface area contributed by atoms with Gasteiger partial charge in [0.1, 0.15) is 18.0 Å². The quantitative estimate of drug-likeness (QED) is 0.179. The van der Waals surface area contributed by atoms with Crippen LogP contribution < -0.4 is 0 Å². The Balaban J connectivity index is 0.000000202. The Morgan fingerprint density at radius 3 is 1.78 bits per heavy atom. The highest BCUT2D eigenvalue weighted by molar-refractivity contribution is 5.86. The summed E-state index contributed by atoms with van der Waals surface area (Å²) in [7, 11) is 0. The summed E-state index contributed by atoms with van der Waals surface area (Å²) in [6.07, 6.45) is 11.6. The van der Waals surface area contributed by atoms with E-state index in [0.29, 0.717) is 0 Å². The minimum atomic E-state index is 0.227. The summed E-state index contributed by atoms with van der Waals surface area (Å²) in [5, 5.41) is 0. The van der Waals surface area contributed by atoms with Crippen LogP contribution in [0.25, 0.3) is 67.3 Å². The summed E-state index contributed by atoms with van der Waals surface area (Å²) in [6, 6.07) is 52.5. The number of benzene rings is 6. The Morgan fingerprint density at radius 2 is 1.09 bits per heavy atom. The number of aryl methyl sites for hydroxylation is 1. The molecule has 3 aromatic heterocycles. The Morgan fingerprint density at radius 1 is 0.537 bits per heavy atom. The number of hydrogen-bond acceptors (Lipinski definition) is 3. The fraction of sp³-hybridized carbons (Fsp3) is 0.104. The lowest BCUT2D eigenvalue weighted by molar-refractivity contribution is 0.630. The van der Waals surface area contributed by atoms with Crippen molar-refractivity contribution < 1.29 is 0 Å². The minimum Gasteiger partial charge on any atom is -0.317 e. The molecule has 6 heteroatoms. The third-order valence-corrected chi connectivity index (χ3v) is 9.54. The predicted octanol–water partition coefficient (Wildman–Crippen LogP) is 12.1. The molecule has 0 aliphatic heterocycles. The highest BCUT2D eigenvalue weighted by Gasteiger charge is 2.21. The fourth-order valence-corrected chi connectivity index (χ4v) is 7.20. The monoisotopic (exact) mass is 702 g/mol. The zero-order chi connectivity index (χ0) is 36.9. The molecule has 3 heterocycles. The third-order valence-electron chi connectivity index (χ3n) is 9.54. The van der Waals surface area contributed by atoms with Crippen LogP contribution in [0.5, 0.6) is 0 Å². The maximum Gasteiger partial charge on any atom is 0.145 e. The molecule has 54 heavy (non-hydrogen) atoms. The van der Waals surface area contributed by atoms with E-state index in [1.54, 1.807) is 0 Å². The van der Waals surface area contributed by atoms with Crippen molar-refractivity contribution in [3.05, 3.63) is 188 Å². The van der Waals surface area contributed by atoms with Crippen LogP contribution in [-0.2, 0) is 0 Å². The first kappa shape index (κ1) is 34.3. The smallest absolute Gasteiger partial charge is 0.145 e. The van der Waals surface area contributed by atoms with E-state index in [4.69, 9.17) is 9.97 Å². The van der Waals surface area contributed by atoms with Gasteiger partial charge in [-0.1, -0.05) is 111 Å². The molecular formula is C48H42N6. The van der Waals surface area contributed by atoms with Gasteiger partial charge in [0.15, 0.2) is 0 Å². The molecule has 1 unspecified atom stereocenters. The molecular weight excluding hydrogens is 661 g/mol. The zero-order valence-corrected chi connectivity index (χ0v) is 30.8. The van der Waals surface area contributed by atoms with Crippen molar-refractivity contribution in [2.75, 3.05) is 0 Å². The van der Waals surface area contributed by atoms with Crippen molar-refractivity contribution in [2.45, 2.75) is 33.2 Å². The van der Waals surface area contributed by atoms with E-state index in [9.17, 15) is 0 Å². The van der Waals surface area contributed by atoms with Gasteiger partial charge >= 0.3 is 0 Å². The number of rotatable bonds is 5. The number of allylic oxidation sites excluding steroid dienone is 4. The Kier molecular flexibility index (Phi) is 9.81. The average molecular weight is 703 g/mol. The normalized spacial score (nSPS) is 13.4. The first-order valence-corrected chi connectivity index (χ1v) is 18.6. The molecule has 0 N–H and O–H groups in total. The second-order valence-electron chi connectivity index (χ2n) is 13.0. The first-order chi connectivity index (χ1) is 26.7. The fourth-order valence-electron chi connectivity index (χ4n) is 7.20. The molecule has 0 saturated heterocycles. The summed E-state index contributed by atoms with van der Waals surface area (Å²) < 4.78 is 6.73. The maximum atomic E-state index is 5.14. The van der Waals surface area contributed by atoms with Gasteiger partial charge in [0, 0.05) is 22.5 Å². The summed E-state index contributed by atoms with van der Waals surface area (Å²) in [4.78, 5) is 14.6. The van der Waals surface area contributed by atoms with E-state index in [1.165, 1.54) is 5.56 Å². The lowest BCUT2D eigenvalue weighted by Gasteiger charge is -2.20. The van der Waals surface area contributed by atoms with Gasteiger partial charge in [-0.3, -0.25) is 9.13 Å². The van der Waals surface area contributed by atoms with Gasteiger partial charge in [-0.25, -0.2) is 15.0 Å².